The van der Waals surface area contributed by atoms with E-state index < -0.39 is 0 Å². The number of hydrogen-bond acceptors (Lipinski definition) is 4. The lowest BCUT2D eigenvalue weighted by Gasteiger charge is -2.29. The van der Waals surface area contributed by atoms with Crippen molar-refractivity contribution in [2.75, 3.05) is 24.0 Å². The van der Waals surface area contributed by atoms with Gasteiger partial charge in [-0.25, -0.2) is 0 Å². The van der Waals surface area contributed by atoms with Crippen LogP contribution in [0.15, 0.2) is 18.2 Å². The predicted molar refractivity (Wildman–Crippen MR) is 79.9 cm³/mol. The zero-order chi connectivity index (χ0) is 13.5. The normalized spacial score (nSPS) is 11.9. The van der Waals surface area contributed by atoms with E-state index in [4.69, 9.17) is 5.73 Å². The van der Waals surface area contributed by atoms with Crippen LogP contribution in [0.2, 0.25) is 0 Å². The van der Waals surface area contributed by atoms with E-state index in [0.29, 0.717) is 18.2 Å². The predicted octanol–water partition coefficient (Wildman–Crippen LogP) is 2.59. The first-order chi connectivity index (χ1) is 8.67. The first-order valence-electron chi connectivity index (χ1n) is 6.12. The molecule has 0 aliphatic rings. The number of nitrogens with two attached hydrogens (primary N) is 1. The Morgan fingerprint density at radius 3 is 2.72 bits per heavy atom. The van der Waals surface area contributed by atoms with Crippen molar-refractivity contribution in [2.45, 2.75) is 25.9 Å². The van der Waals surface area contributed by atoms with Crippen LogP contribution in [-0.4, -0.2) is 25.1 Å². The van der Waals surface area contributed by atoms with Crippen LogP contribution in [0.4, 0.5) is 5.69 Å². The van der Waals surface area contributed by atoms with E-state index in [1.165, 1.54) is 0 Å². The SMILES string of the molecule is CCC(CSC)N(C)c1ccc(CN)cc1C#N. The summed E-state index contributed by atoms with van der Waals surface area (Å²) in [6.07, 6.45) is 3.18. The van der Waals surface area contributed by atoms with Crippen molar-refractivity contribution in [1.29, 1.82) is 5.26 Å². The molecule has 98 valence electrons. The summed E-state index contributed by atoms with van der Waals surface area (Å²) in [4.78, 5) is 2.20. The fourth-order valence-corrected chi connectivity index (χ4v) is 2.84. The molecule has 4 heteroatoms. The molecule has 0 saturated carbocycles. The summed E-state index contributed by atoms with van der Waals surface area (Å²) < 4.78 is 0. The molecular formula is C14H21N3S. The highest BCUT2D eigenvalue weighted by molar-refractivity contribution is 7.98. The Balaban J connectivity index is 3.04. The van der Waals surface area contributed by atoms with Crippen LogP contribution in [0.5, 0.6) is 0 Å². The molecule has 1 rings (SSSR count). The second-order valence-electron chi connectivity index (χ2n) is 4.30. The summed E-state index contributed by atoms with van der Waals surface area (Å²) in [7, 11) is 2.06. The largest absolute Gasteiger partial charge is 0.370 e. The summed E-state index contributed by atoms with van der Waals surface area (Å²) in [5.74, 6) is 1.07. The van der Waals surface area contributed by atoms with Crippen LogP contribution in [0, 0.1) is 11.3 Å². The second-order valence-corrected chi connectivity index (χ2v) is 5.21. The highest BCUT2D eigenvalue weighted by Crippen LogP contribution is 2.24. The summed E-state index contributed by atoms with van der Waals surface area (Å²) in [5, 5.41) is 9.25. The van der Waals surface area contributed by atoms with E-state index in [9.17, 15) is 5.26 Å². The Bertz CT molecular complexity index is 426. The van der Waals surface area contributed by atoms with Gasteiger partial charge in [0.1, 0.15) is 6.07 Å². The molecule has 0 saturated heterocycles. The number of benzene rings is 1. The molecule has 0 amide bonds. The van der Waals surface area contributed by atoms with Crippen molar-refractivity contribution in [3.8, 4) is 6.07 Å². The molecule has 0 bridgehead atoms. The third-order valence-electron chi connectivity index (χ3n) is 3.18. The van der Waals surface area contributed by atoms with Crippen LogP contribution in [0.1, 0.15) is 24.5 Å². The number of nitrogens with zero attached hydrogens (tertiary/aromatic N) is 2. The van der Waals surface area contributed by atoms with Crippen LogP contribution in [-0.2, 0) is 6.54 Å². The third-order valence-corrected chi connectivity index (χ3v) is 3.89. The van der Waals surface area contributed by atoms with Crippen molar-refractivity contribution in [2.24, 2.45) is 5.73 Å². The zero-order valence-electron chi connectivity index (χ0n) is 11.3. The van der Waals surface area contributed by atoms with Gasteiger partial charge in [0.05, 0.1) is 11.3 Å². The van der Waals surface area contributed by atoms with Gasteiger partial charge in [0.25, 0.3) is 0 Å². The van der Waals surface area contributed by atoms with Crippen molar-refractivity contribution in [3.05, 3.63) is 29.3 Å². The fourth-order valence-electron chi connectivity index (χ4n) is 2.00. The maximum atomic E-state index is 9.25. The highest BCUT2D eigenvalue weighted by Gasteiger charge is 2.15. The quantitative estimate of drug-likeness (QED) is 0.857. The monoisotopic (exact) mass is 263 g/mol. The number of thioether (sulfide) groups is 1. The standard InChI is InChI=1S/C14H21N3S/c1-4-13(10-18-3)17(2)14-6-5-11(8-15)7-12(14)9-16/h5-7,13H,4,8,10,15H2,1-3H3. The summed E-state index contributed by atoms with van der Waals surface area (Å²) >= 11 is 1.83. The number of anilines is 1. The molecule has 1 aromatic carbocycles. The Kier molecular flexibility index (Phi) is 6.03. The minimum absolute atomic E-state index is 0.454. The van der Waals surface area contributed by atoms with Crippen molar-refractivity contribution < 1.29 is 0 Å². The summed E-state index contributed by atoms with van der Waals surface area (Å²) in [5.41, 5.74) is 8.31. The maximum absolute atomic E-state index is 9.25. The Morgan fingerprint density at radius 1 is 1.50 bits per heavy atom. The molecule has 0 aliphatic heterocycles. The van der Waals surface area contributed by atoms with Gasteiger partial charge in [0.15, 0.2) is 0 Å². The molecular weight excluding hydrogens is 242 g/mol. The van der Waals surface area contributed by atoms with Gasteiger partial charge in [0, 0.05) is 25.4 Å². The number of rotatable bonds is 6. The maximum Gasteiger partial charge on any atom is 0.101 e. The van der Waals surface area contributed by atoms with E-state index in [-0.39, 0.29) is 0 Å². The van der Waals surface area contributed by atoms with Crippen LogP contribution in [0.3, 0.4) is 0 Å². The highest BCUT2D eigenvalue weighted by atomic mass is 32.2. The van der Waals surface area contributed by atoms with Crippen LogP contribution >= 0.6 is 11.8 Å². The van der Waals surface area contributed by atoms with Crippen LogP contribution in [0.25, 0.3) is 0 Å². The van der Waals surface area contributed by atoms with E-state index in [2.05, 4.69) is 31.2 Å². The molecule has 0 aromatic heterocycles. The molecule has 3 nitrogen and oxygen atoms in total. The lowest BCUT2D eigenvalue weighted by atomic mass is 10.1. The molecule has 0 spiro atoms. The average Bonchev–Trinajstić information content (AvgIpc) is 2.43. The third kappa shape index (κ3) is 3.41. The number of hydrogen-bond donors (Lipinski definition) is 1. The molecule has 1 atom stereocenters. The Hall–Kier alpha value is -1.18. The zero-order valence-corrected chi connectivity index (χ0v) is 12.1. The molecule has 2 N–H and O–H groups in total. The first kappa shape index (κ1) is 14.9. The van der Waals surface area contributed by atoms with E-state index in [0.717, 1.165) is 23.4 Å². The topological polar surface area (TPSA) is 53.0 Å². The molecule has 0 heterocycles. The lowest BCUT2D eigenvalue weighted by molar-refractivity contribution is 0.672. The lowest BCUT2D eigenvalue weighted by Crippen LogP contribution is -2.33. The van der Waals surface area contributed by atoms with E-state index in [1.807, 2.05) is 30.0 Å². The van der Waals surface area contributed by atoms with Gasteiger partial charge in [0.2, 0.25) is 0 Å². The average molecular weight is 263 g/mol. The molecule has 1 aromatic rings. The second kappa shape index (κ2) is 7.30. The summed E-state index contributed by atoms with van der Waals surface area (Å²) in [6, 6.07) is 8.61. The number of nitriles is 1. The molecule has 0 fully saturated rings. The fraction of sp³-hybridized carbons (Fsp3) is 0.500. The van der Waals surface area contributed by atoms with Gasteiger partial charge in [-0.3, -0.25) is 0 Å². The van der Waals surface area contributed by atoms with Crippen molar-refractivity contribution >= 4 is 17.4 Å². The smallest absolute Gasteiger partial charge is 0.101 e. The molecule has 18 heavy (non-hydrogen) atoms. The molecule has 0 radical (unpaired) electrons. The first-order valence-corrected chi connectivity index (χ1v) is 7.52. The molecule has 0 aliphatic carbocycles. The van der Waals surface area contributed by atoms with Gasteiger partial charge in [-0.2, -0.15) is 17.0 Å². The molecule has 1 unspecified atom stereocenters. The minimum Gasteiger partial charge on any atom is -0.370 e. The van der Waals surface area contributed by atoms with Gasteiger partial charge in [-0.1, -0.05) is 13.0 Å². The van der Waals surface area contributed by atoms with E-state index in [1.54, 1.807) is 0 Å². The minimum atomic E-state index is 0.454. The Labute approximate surface area is 114 Å². The van der Waals surface area contributed by atoms with Gasteiger partial charge in [-0.05, 0) is 30.4 Å². The van der Waals surface area contributed by atoms with E-state index >= 15 is 0 Å². The van der Waals surface area contributed by atoms with Gasteiger partial charge < -0.3 is 10.6 Å². The summed E-state index contributed by atoms with van der Waals surface area (Å²) in [6.45, 7) is 2.65. The van der Waals surface area contributed by atoms with Crippen molar-refractivity contribution in [3.63, 3.8) is 0 Å². The van der Waals surface area contributed by atoms with Crippen LogP contribution < -0.4 is 10.6 Å². The van der Waals surface area contributed by atoms with Gasteiger partial charge in [-0.15, -0.1) is 0 Å². The van der Waals surface area contributed by atoms with Gasteiger partial charge >= 0.3 is 0 Å². The Morgan fingerprint density at radius 2 is 2.22 bits per heavy atom. The van der Waals surface area contributed by atoms with Crippen molar-refractivity contribution in [1.82, 2.24) is 0 Å².